The molecule has 2 N–H and O–H groups in total. The number of halogens is 1. The van der Waals surface area contributed by atoms with Gasteiger partial charge in [-0.15, -0.1) is 0 Å². The lowest BCUT2D eigenvalue weighted by atomic mass is 10.1. The predicted octanol–water partition coefficient (Wildman–Crippen LogP) is 3.42. The summed E-state index contributed by atoms with van der Waals surface area (Å²) in [6.07, 6.45) is 0. The number of H-pyrrole nitrogens is 1. The second-order valence-corrected chi connectivity index (χ2v) is 6.84. The van der Waals surface area contributed by atoms with Crippen molar-refractivity contribution >= 4 is 17.5 Å². The number of aromatic amines is 1. The van der Waals surface area contributed by atoms with E-state index >= 15 is 0 Å². The van der Waals surface area contributed by atoms with Crippen molar-refractivity contribution in [2.24, 2.45) is 0 Å². The molecule has 1 aromatic carbocycles. The summed E-state index contributed by atoms with van der Waals surface area (Å²) < 4.78 is 5.90. The van der Waals surface area contributed by atoms with Crippen molar-refractivity contribution in [3.05, 3.63) is 39.9 Å². The molecule has 0 bridgehead atoms. The van der Waals surface area contributed by atoms with Gasteiger partial charge in [0.05, 0.1) is 6.04 Å². The van der Waals surface area contributed by atoms with E-state index in [9.17, 15) is 4.79 Å². The molecule has 6 nitrogen and oxygen atoms in total. The van der Waals surface area contributed by atoms with Crippen molar-refractivity contribution in [3.63, 3.8) is 0 Å². The van der Waals surface area contributed by atoms with E-state index in [0.29, 0.717) is 22.4 Å². The van der Waals surface area contributed by atoms with Gasteiger partial charge in [-0.3, -0.25) is 9.89 Å². The lowest BCUT2D eigenvalue weighted by Crippen LogP contribution is -2.47. The summed E-state index contributed by atoms with van der Waals surface area (Å²) in [5, 5.41) is 10.4. The van der Waals surface area contributed by atoms with Crippen LogP contribution in [0.5, 0.6) is 5.75 Å². The summed E-state index contributed by atoms with van der Waals surface area (Å²) >= 11 is 6.17. The molecule has 2 rings (SSSR count). The number of nitrogens with zero attached hydrogens (tertiary/aromatic N) is 2. The lowest BCUT2D eigenvalue weighted by molar-refractivity contribution is -0.135. The molecule has 1 heterocycles. The Kier molecular flexibility index (Phi) is 5.18. The number of amides is 1. The summed E-state index contributed by atoms with van der Waals surface area (Å²) in [7, 11) is 0. The Morgan fingerprint density at radius 2 is 1.88 bits per heavy atom. The first-order chi connectivity index (χ1) is 11.1. The number of hydrogen-bond acceptors (Lipinski definition) is 4. The van der Waals surface area contributed by atoms with Crippen LogP contribution in [0.2, 0.25) is 5.02 Å². The number of hydrogen-bond donors (Lipinski definition) is 2. The highest BCUT2D eigenvalue weighted by Gasteiger charge is 2.32. The first-order valence-electron chi connectivity index (χ1n) is 7.76. The van der Waals surface area contributed by atoms with Crippen LogP contribution in [0, 0.1) is 20.8 Å². The number of ether oxygens (including phenoxy) is 1. The fraction of sp³-hybridized carbons (Fsp3) is 0.471. The summed E-state index contributed by atoms with van der Waals surface area (Å²) in [6, 6.07) is 3.33. The summed E-state index contributed by atoms with van der Waals surface area (Å²) in [5.74, 6) is 1.60. The van der Waals surface area contributed by atoms with Gasteiger partial charge in [-0.2, -0.15) is 5.10 Å². The van der Waals surface area contributed by atoms with E-state index in [0.717, 1.165) is 11.1 Å². The SMILES string of the molecule is Cc1nc([C@@H](C)NC(=O)C(C)(C)Oc2cc(C)c(Cl)c(C)c2)n[nH]1. The minimum absolute atomic E-state index is 0.247. The average molecular weight is 351 g/mol. The molecule has 0 aliphatic heterocycles. The molecule has 1 atom stereocenters. The first-order valence-corrected chi connectivity index (χ1v) is 8.13. The van der Waals surface area contributed by atoms with Crippen LogP contribution in [0.1, 0.15) is 49.6 Å². The molecule has 0 saturated carbocycles. The Hall–Kier alpha value is -2.08. The predicted molar refractivity (Wildman–Crippen MR) is 93.3 cm³/mol. The van der Waals surface area contributed by atoms with Crippen molar-refractivity contribution in [3.8, 4) is 5.75 Å². The Balaban J connectivity index is 2.10. The van der Waals surface area contributed by atoms with Gasteiger partial charge in [0.15, 0.2) is 11.4 Å². The molecule has 1 amide bonds. The minimum Gasteiger partial charge on any atom is -0.478 e. The molecule has 0 aliphatic carbocycles. The van der Waals surface area contributed by atoms with E-state index in [1.165, 1.54) is 0 Å². The van der Waals surface area contributed by atoms with Gasteiger partial charge in [-0.1, -0.05) is 11.6 Å². The number of nitrogens with one attached hydrogen (secondary N) is 2. The molecular weight excluding hydrogens is 328 g/mol. The quantitative estimate of drug-likeness (QED) is 0.865. The molecule has 0 saturated heterocycles. The van der Waals surface area contributed by atoms with Gasteiger partial charge in [-0.05, 0) is 64.8 Å². The Bertz CT molecular complexity index is 732. The highest BCUT2D eigenvalue weighted by molar-refractivity contribution is 6.32. The maximum atomic E-state index is 12.6. The number of rotatable bonds is 5. The zero-order valence-electron chi connectivity index (χ0n) is 14.8. The molecule has 0 radical (unpaired) electrons. The molecule has 0 unspecified atom stereocenters. The average Bonchev–Trinajstić information content (AvgIpc) is 2.91. The van der Waals surface area contributed by atoms with Gasteiger partial charge >= 0.3 is 0 Å². The van der Waals surface area contributed by atoms with Crippen molar-refractivity contribution in [2.75, 3.05) is 0 Å². The highest BCUT2D eigenvalue weighted by atomic mass is 35.5. The number of aryl methyl sites for hydroxylation is 3. The van der Waals surface area contributed by atoms with E-state index in [1.54, 1.807) is 13.8 Å². The largest absolute Gasteiger partial charge is 0.478 e. The van der Waals surface area contributed by atoms with Crippen LogP contribution in [-0.2, 0) is 4.79 Å². The second-order valence-electron chi connectivity index (χ2n) is 6.46. The van der Waals surface area contributed by atoms with Crippen molar-refractivity contribution in [1.82, 2.24) is 20.5 Å². The minimum atomic E-state index is -1.05. The third-order valence-corrected chi connectivity index (χ3v) is 4.28. The van der Waals surface area contributed by atoms with Crippen LogP contribution in [0.4, 0.5) is 0 Å². The van der Waals surface area contributed by atoms with Crippen molar-refractivity contribution < 1.29 is 9.53 Å². The number of carbonyl (C=O) groups excluding carboxylic acids is 1. The molecular formula is C17H23ClN4O2. The third kappa shape index (κ3) is 4.06. The van der Waals surface area contributed by atoms with Gasteiger partial charge in [0.2, 0.25) is 0 Å². The molecule has 0 aliphatic rings. The fourth-order valence-electron chi connectivity index (χ4n) is 2.29. The van der Waals surface area contributed by atoms with Gasteiger partial charge in [-0.25, -0.2) is 4.98 Å². The Labute approximate surface area is 147 Å². The fourth-order valence-corrected chi connectivity index (χ4v) is 2.40. The van der Waals surface area contributed by atoms with Crippen molar-refractivity contribution in [1.29, 1.82) is 0 Å². The number of carbonyl (C=O) groups is 1. The second kappa shape index (κ2) is 6.81. The van der Waals surface area contributed by atoms with E-state index in [-0.39, 0.29) is 11.9 Å². The van der Waals surface area contributed by atoms with Crippen LogP contribution in [0.25, 0.3) is 0 Å². The third-order valence-electron chi connectivity index (χ3n) is 3.68. The maximum absolute atomic E-state index is 12.6. The summed E-state index contributed by atoms with van der Waals surface area (Å²) in [4.78, 5) is 16.8. The molecule has 7 heteroatoms. The topological polar surface area (TPSA) is 79.9 Å². The standard InChI is InChI=1S/C17H23ClN4O2/c1-9-7-13(8-10(2)14(9)18)24-17(5,6)16(23)19-11(3)15-20-12(4)21-22-15/h7-8,11H,1-6H3,(H,19,23)(H,20,21,22)/t11-/m1/s1. The van der Waals surface area contributed by atoms with Crippen LogP contribution in [0.3, 0.4) is 0 Å². The summed E-state index contributed by atoms with van der Waals surface area (Å²) in [5.41, 5.74) is 0.770. The van der Waals surface area contributed by atoms with E-state index < -0.39 is 5.60 Å². The molecule has 130 valence electrons. The van der Waals surface area contributed by atoms with Crippen LogP contribution in [-0.4, -0.2) is 26.7 Å². The van der Waals surface area contributed by atoms with Crippen LogP contribution < -0.4 is 10.1 Å². The number of aromatic nitrogens is 3. The van der Waals surface area contributed by atoms with Gasteiger partial charge < -0.3 is 10.1 Å². The van der Waals surface area contributed by atoms with E-state index in [2.05, 4.69) is 20.5 Å². The molecule has 1 aromatic heterocycles. The smallest absolute Gasteiger partial charge is 0.264 e. The first kappa shape index (κ1) is 18.3. The molecule has 0 fully saturated rings. The van der Waals surface area contributed by atoms with E-state index in [4.69, 9.17) is 16.3 Å². The van der Waals surface area contributed by atoms with Gasteiger partial charge in [0, 0.05) is 5.02 Å². The normalized spacial score (nSPS) is 12.8. The van der Waals surface area contributed by atoms with Crippen molar-refractivity contribution in [2.45, 2.75) is 53.2 Å². The van der Waals surface area contributed by atoms with Gasteiger partial charge in [0.1, 0.15) is 11.6 Å². The molecule has 24 heavy (non-hydrogen) atoms. The molecule has 2 aromatic rings. The molecule has 0 spiro atoms. The van der Waals surface area contributed by atoms with E-state index in [1.807, 2.05) is 39.8 Å². The van der Waals surface area contributed by atoms with Crippen LogP contribution in [0.15, 0.2) is 12.1 Å². The Morgan fingerprint density at radius 1 is 1.29 bits per heavy atom. The Morgan fingerprint density at radius 3 is 2.38 bits per heavy atom. The highest BCUT2D eigenvalue weighted by Crippen LogP contribution is 2.28. The lowest BCUT2D eigenvalue weighted by Gasteiger charge is -2.27. The van der Waals surface area contributed by atoms with Crippen LogP contribution >= 0.6 is 11.6 Å². The number of benzene rings is 1. The van der Waals surface area contributed by atoms with Gasteiger partial charge in [0.25, 0.3) is 5.91 Å². The monoisotopic (exact) mass is 350 g/mol. The zero-order valence-corrected chi connectivity index (χ0v) is 15.6. The zero-order chi connectivity index (χ0) is 18.1. The maximum Gasteiger partial charge on any atom is 0.264 e. The summed E-state index contributed by atoms with van der Waals surface area (Å²) in [6.45, 7) is 10.9.